The summed E-state index contributed by atoms with van der Waals surface area (Å²) in [6, 6.07) is 15.1. The second-order valence-corrected chi connectivity index (χ2v) is 6.13. The minimum Gasteiger partial charge on any atom is -0.377 e. The first-order valence-electron chi connectivity index (χ1n) is 7.93. The summed E-state index contributed by atoms with van der Waals surface area (Å²) in [5, 5.41) is 5.51. The molecule has 4 nitrogen and oxygen atoms in total. The van der Waals surface area contributed by atoms with Crippen LogP contribution < -0.4 is 5.32 Å². The Morgan fingerprint density at radius 3 is 2.64 bits per heavy atom. The average molecular weight is 296 g/mol. The lowest BCUT2D eigenvalue weighted by molar-refractivity contribution is 0.00632. The molecule has 4 rings (SSSR count). The third kappa shape index (κ3) is 2.33. The number of amides is 2. The third-order valence-electron chi connectivity index (χ3n) is 4.78. The Labute approximate surface area is 130 Å². The normalized spacial score (nSPS) is 23.7. The highest BCUT2D eigenvalue weighted by molar-refractivity contribution is 5.86. The molecule has 2 fully saturated rings. The molecule has 0 aliphatic carbocycles. The summed E-state index contributed by atoms with van der Waals surface area (Å²) in [5.74, 6) is 0. The molecule has 0 unspecified atom stereocenters. The van der Waals surface area contributed by atoms with Crippen molar-refractivity contribution in [2.45, 2.75) is 31.5 Å². The van der Waals surface area contributed by atoms with Crippen LogP contribution in [0, 0.1) is 0 Å². The molecule has 2 aromatic carbocycles. The number of fused-ring (bicyclic) bond motifs is 3. The molecule has 0 saturated carbocycles. The van der Waals surface area contributed by atoms with Crippen LogP contribution in [0.15, 0.2) is 42.5 Å². The molecule has 4 heteroatoms. The number of benzene rings is 2. The van der Waals surface area contributed by atoms with E-state index in [-0.39, 0.29) is 18.1 Å². The lowest BCUT2D eigenvalue weighted by Crippen LogP contribution is -2.52. The molecule has 2 amide bonds. The smallest absolute Gasteiger partial charge is 0.318 e. The number of carbonyl (C=O) groups is 1. The number of nitrogens with one attached hydrogen (secondary N) is 1. The van der Waals surface area contributed by atoms with Crippen molar-refractivity contribution in [1.82, 2.24) is 10.2 Å². The van der Waals surface area contributed by atoms with Gasteiger partial charge in [0.05, 0.1) is 25.3 Å². The van der Waals surface area contributed by atoms with Crippen molar-refractivity contribution < 1.29 is 9.53 Å². The number of hydrogen-bond acceptors (Lipinski definition) is 2. The van der Waals surface area contributed by atoms with Gasteiger partial charge in [-0.3, -0.25) is 0 Å². The highest BCUT2D eigenvalue weighted by Crippen LogP contribution is 2.28. The van der Waals surface area contributed by atoms with Gasteiger partial charge in [0.15, 0.2) is 0 Å². The van der Waals surface area contributed by atoms with Crippen LogP contribution in [0.25, 0.3) is 10.8 Å². The summed E-state index contributed by atoms with van der Waals surface area (Å²) in [5.41, 5.74) is 1.16. The molecule has 114 valence electrons. The van der Waals surface area contributed by atoms with Gasteiger partial charge in [-0.25, -0.2) is 4.79 Å². The second-order valence-electron chi connectivity index (χ2n) is 6.13. The SMILES string of the molecule is O=C(NCc1cccc2ccccc12)N1[C@@H]2CC[C@@H]1COC2. The maximum absolute atomic E-state index is 12.5. The van der Waals surface area contributed by atoms with Crippen LogP contribution in [0.3, 0.4) is 0 Å². The number of nitrogens with zero attached hydrogens (tertiary/aromatic N) is 1. The zero-order valence-corrected chi connectivity index (χ0v) is 12.5. The Bertz CT molecular complexity index is 679. The zero-order chi connectivity index (χ0) is 14.9. The minimum absolute atomic E-state index is 0.0451. The van der Waals surface area contributed by atoms with Crippen LogP contribution in [0.1, 0.15) is 18.4 Å². The van der Waals surface area contributed by atoms with Crippen molar-refractivity contribution in [2.75, 3.05) is 13.2 Å². The molecule has 0 spiro atoms. The van der Waals surface area contributed by atoms with Crippen LogP contribution in [-0.2, 0) is 11.3 Å². The summed E-state index contributed by atoms with van der Waals surface area (Å²) in [6.45, 7) is 1.92. The van der Waals surface area contributed by atoms with Gasteiger partial charge in [0, 0.05) is 6.54 Å². The Hall–Kier alpha value is -2.07. The first-order valence-corrected chi connectivity index (χ1v) is 7.93. The van der Waals surface area contributed by atoms with Gasteiger partial charge in [0.2, 0.25) is 0 Å². The minimum atomic E-state index is 0.0451. The number of morpholine rings is 1. The molecule has 2 aliphatic heterocycles. The molecule has 2 aromatic rings. The Balaban J connectivity index is 1.49. The molecular formula is C18H20N2O2. The molecular weight excluding hydrogens is 276 g/mol. The molecule has 2 saturated heterocycles. The summed E-state index contributed by atoms with van der Waals surface area (Å²) in [6.07, 6.45) is 2.12. The maximum Gasteiger partial charge on any atom is 0.318 e. The van der Waals surface area contributed by atoms with Crippen LogP contribution in [-0.4, -0.2) is 36.2 Å². The predicted molar refractivity (Wildman–Crippen MR) is 85.7 cm³/mol. The molecule has 0 aromatic heterocycles. The van der Waals surface area contributed by atoms with Gasteiger partial charge in [-0.1, -0.05) is 42.5 Å². The fourth-order valence-corrected chi connectivity index (χ4v) is 3.67. The van der Waals surface area contributed by atoms with E-state index in [1.807, 2.05) is 23.1 Å². The first kappa shape index (κ1) is 13.6. The van der Waals surface area contributed by atoms with E-state index in [1.165, 1.54) is 10.8 Å². The third-order valence-corrected chi connectivity index (χ3v) is 4.78. The number of ether oxygens (including phenoxy) is 1. The molecule has 2 heterocycles. The molecule has 2 atom stereocenters. The maximum atomic E-state index is 12.5. The van der Waals surface area contributed by atoms with Gasteiger partial charge in [0.25, 0.3) is 0 Å². The Morgan fingerprint density at radius 1 is 1.09 bits per heavy atom. The number of rotatable bonds is 2. The van der Waals surface area contributed by atoms with Crippen molar-refractivity contribution >= 4 is 16.8 Å². The van der Waals surface area contributed by atoms with Gasteiger partial charge in [-0.05, 0) is 29.2 Å². The van der Waals surface area contributed by atoms with E-state index in [1.54, 1.807) is 0 Å². The van der Waals surface area contributed by atoms with Gasteiger partial charge < -0.3 is 15.0 Å². The summed E-state index contributed by atoms with van der Waals surface area (Å²) >= 11 is 0. The fourth-order valence-electron chi connectivity index (χ4n) is 3.67. The number of carbonyl (C=O) groups excluding carboxylic acids is 1. The molecule has 0 radical (unpaired) electrons. The molecule has 1 N–H and O–H groups in total. The van der Waals surface area contributed by atoms with E-state index in [9.17, 15) is 4.79 Å². The van der Waals surface area contributed by atoms with Crippen LogP contribution in [0.5, 0.6) is 0 Å². The van der Waals surface area contributed by atoms with Crippen LogP contribution in [0.2, 0.25) is 0 Å². The monoisotopic (exact) mass is 296 g/mol. The lowest BCUT2D eigenvalue weighted by atomic mass is 10.0. The molecule has 2 bridgehead atoms. The van der Waals surface area contributed by atoms with Crippen molar-refractivity contribution in [3.63, 3.8) is 0 Å². The highest BCUT2D eigenvalue weighted by Gasteiger charge is 2.40. The predicted octanol–water partition coefficient (Wildman–Crippen LogP) is 2.91. The van der Waals surface area contributed by atoms with E-state index >= 15 is 0 Å². The summed E-state index contributed by atoms with van der Waals surface area (Å²) in [4.78, 5) is 14.5. The van der Waals surface area contributed by atoms with E-state index in [2.05, 4.69) is 29.6 Å². The van der Waals surface area contributed by atoms with E-state index < -0.39 is 0 Å². The Morgan fingerprint density at radius 2 is 1.82 bits per heavy atom. The van der Waals surface area contributed by atoms with Crippen molar-refractivity contribution in [3.8, 4) is 0 Å². The van der Waals surface area contributed by atoms with Crippen LogP contribution >= 0.6 is 0 Å². The molecule has 2 aliphatic rings. The molecule has 22 heavy (non-hydrogen) atoms. The van der Waals surface area contributed by atoms with E-state index in [0.717, 1.165) is 18.4 Å². The standard InChI is InChI=1S/C18H20N2O2/c21-18(20-15-8-9-16(20)12-22-11-15)19-10-14-6-3-5-13-4-1-2-7-17(13)14/h1-7,15-16H,8-12H2,(H,19,21)/t15-,16-/m1/s1. The lowest BCUT2D eigenvalue weighted by Gasteiger charge is -2.34. The zero-order valence-electron chi connectivity index (χ0n) is 12.5. The largest absolute Gasteiger partial charge is 0.377 e. The van der Waals surface area contributed by atoms with Crippen molar-refractivity contribution in [3.05, 3.63) is 48.0 Å². The van der Waals surface area contributed by atoms with Gasteiger partial charge in [-0.15, -0.1) is 0 Å². The average Bonchev–Trinajstić information content (AvgIpc) is 2.81. The number of hydrogen-bond donors (Lipinski definition) is 1. The summed E-state index contributed by atoms with van der Waals surface area (Å²) < 4.78 is 5.54. The van der Waals surface area contributed by atoms with Crippen molar-refractivity contribution in [2.24, 2.45) is 0 Å². The van der Waals surface area contributed by atoms with Gasteiger partial charge in [-0.2, -0.15) is 0 Å². The van der Waals surface area contributed by atoms with Crippen molar-refractivity contribution in [1.29, 1.82) is 0 Å². The Kier molecular flexibility index (Phi) is 3.47. The van der Waals surface area contributed by atoms with E-state index in [4.69, 9.17) is 4.74 Å². The first-order chi connectivity index (χ1) is 10.8. The summed E-state index contributed by atoms with van der Waals surface area (Å²) in [7, 11) is 0. The van der Waals surface area contributed by atoms with Gasteiger partial charge >= 0.3 is 6.03 Å². The van der Waals surface area contributed by atoms with E-state index in [0.29, 0.717) is 19.8 Å². The topological polar surface area (TPSA) is 41.6 Å². The quantitative estimate of drug-likeness (QED) is 0.926. The second kappa shape index (κ2) is 5.61. The fraction of sp³-hybridized carbons (Fsp3) is 0.389. The highest BCUT2D eigenvalue weighted by atomic mass is 16.5. The number of urea groups is 1. The van der Waals surface area contributed by atoms with Crippen LogP contribution in [0.4, 0.5) is 4.79 Å². The van der Waals surface area contributed by atoms with Gasteiger partial charge in [0.1, 0.15) is 0 Å².